The first-order chi connectivity index (χ1) is 10.8. The molecule has 3 N–H and O–H groups in total. The second-order valence-corrected chi connectivity index (χ2v) is 5.93. The van der Waals surface area contributed by atoms with Gasteiger partial charge in [-0.05, 0) is 45.4 Å². The molecule has 1 unspecified atom stereocenters. The number of rotatable bonds is 8. The van der Waals surface area contributed by atoms with Gasteiger partial charge in [0.2, 0.25) is 0 Å². The molecule has 0 radical (unpaired) electrons. The van der Waals surface area contributed by atoms with Gasteiger partial charge in [0, 0.05) is 6.04 Å². The summed E-state index contributed by atoms with van der Waals surface area (Å²) in [5, 5.41) is 5.71. The van der Waals surface area contributed by atoms with E-state index in [1.54, 1.807) is 7.11 Å². The summed E-state index contributed by atoms with van der Waals surface area (Å²) in [6.07, 6.45) is 0. The fourth-order valence-electron chi connectivity index (χ4n) is 2.25. The van der Waals surface area contributed by atoms with Gasteiger partial charge in [0.15, 0.2) is 13.1 Å². The van der Waals surface area contributed by atoms with E-state index in [1.807, 2.05) is 45.9 Å². The molecule has 1 rings (SSSR count). The number of ether oxygens (including phenoxy) is 1. The molecule has 1 aromatic carbocycles. The molecule has 0 aliphatic rings. The van der Waals surface area contributed by atoms with Crippen molar-refractivity contribution >= 4 is 17.5 Å². The van der Waals surface area contributed by atoms with Crippen molar-refractivity contribution in [2.45, 2.75) is 33.7 Å². The second-order valence-electron chi connectivity index (χ2n) is 5.93. The highest BCUT2D eigenvalue weighted by Crippen LogP contribution is 2.24. The maximum absolute atomic E-state index is 12.2. The van der Waals surface area contributed by atoms with Gasteiger partial charge in [-0.1, -0.05) is 6.07 Å². The van der Waals surface area contributed by atoms with Gasteiger partial charge in [-0.25, -0.2) is 0 Å². The van der Waals surface area contributed by atoms with Crippen LogP contribution >= 0.6 is 0 Å². The number of nitrogens with one attached hydrogen (secondary N) is 3. The third kappa shape index (κ3) is 6.69. The van der Waals surface area contributed by atoms with Crippen LogP contribution in [0, 0.1) is 6.92 Å². The van der Waals surface area contributed by atoms with Crippen LogP contribution in [0.15, 0.2) is 18.2 Å². The van der Waals surface area contributed by atoms with Crippen molar-refractivity contribution < 1.29 is 19.2 Å². The standard InChI is InChI=1S/C17H27N3O3/c1-6-20(10-16(21)18-12(2)3)11-17(22)19-14-9-13(4)7-8-15(14)23-5/h7-9,12H,6,10-11H2,1-5H3,(H,18,21)(H,19,22)/p+1. The molecule has 0 heterocycles. The van der Waals surface area contributed by atoms with Crippen LogP contribution in [0.5, 0.6) is 5.75 Å². The summed E-state index contributed by atoms with van der Waals surface area (Å²) in [6, 6.07) is 5.72. The van der Waals surface area contributed by atoms with E-state index in [4.69, 9.17) is 4.74 Å². The van der Waals surface area contributed by atoms with E-state index in [2.05, 4.69) is 10.6 Å². The number of hydrogen-bond acceptors (Lipinski definition) is 3. The number of amides is 2. The monoisotopic (exact) mass is 322 g/mol. The highest BCUT2D eigenvalue weighted by Gasteiger charge is 2.18. The molecule has 6 nitrogen and oxygen atoms in total. The molecule has 0 saturated heterocycles. The molecular weight excluding hydrogens is 294 g/mol. The van der Waals surface area contributed by atoms with Crippen LogP contribution in [-0.4, -0.2) is 44.6 Å². The Morgan fingerprint density at radius 1 is 1.22 bits per heavy atom. The lowest BCUT2D eigenvalue weighted by Crippen LogP contribution is -3.14. The fraction of sp³-hybridized carbons (Fsp3) is 0.529. The molecule has 6 heteroatoms. The average molecular weight is 322 g/mol. The molecule has 0 aliphatic carbocycles. The van der Waals surface area contributed by atoms with Crippen LogP contribution in [0.2, 0.25) is 0 Å². The molecule has 128 valence electrons. The van der Waals surface area contributed by atoms with Gasteiger partial charge < -0.3 is 20.3 Å². The summed E-state index contributed by atoms with van der Waals surface area (Å²) in [5.41, 5.74) is 1.69. The van der Waals surface area contributed by atoms with Gasteiger partial charge in [0.1, 0.15) is 5.75 Å². The summed E-state index contributed by atoms with van der Waals surface area (Å²) in [7, 11) is 1.57. The van der Waals surface area contributed by atoms with Crippen LogP contribution in [0.1, 0.15) is 26.3 Å². The van der Waals surface area contributed by atoms with E-state index in [9.17, 15) is 9.59 Å². The Morgan fingerprint density at radius 2 is 1.87 bits per heavy atom. The first-order valence-electron chi connectivity index (χ1n) is 7.93. The van der Waals surface area contributed by atoms with Gasteiger partial charge in [-0.3, -0.25) is 9.59 Å². The number of quaternary nitrogens is 1. The molecule has 0 bridgehead atoms. The predicted molar refractivity (Wildman–Crippen MR) is 90.9 cm³/mol. The maximum atomic E-state index is 12.2. The largest absolute Gasteiger partial charge is 0.495 e. The molecule has 0 fully saturated rings. The van der Waals surface area contributed by atoms with Crippen molar-refractivity contribution in [3.8, 4) is 5.75 Å². The molecule has 0 saturated carbocycles. The van der Waals surface area contributed by atoms with Gasteiger partial charge in [-0.15, -0.1) is 0 Å². The first-order valence-corrected chi connectivity index (χ1v) is 7.93. The van der Waals surface area contributed by atoms with Crippen LogP contribution in [0.25, 0.3) is 0 Å². The van der Waals surface area contributed by atoms with Crippen LogP contribution in [0.3, 0.4) is 0 Å². The normalized spacial score (nSPS) is 11.9. The first kappa shape index (κ1) is 19.0. The van der Waals surface area contributed by atoms with Gasteiger partial charge >= 0.3 is 0 Å². The Morgan fingerprint density at radius 3 is 2.43 bits per heavy atom. The zero-order chi connectivity index (χ0) is 17.4. The molecule has 0 aromatic heterocycles. The highest BCUT2D eigenvalue weighted by molar-refractivity contribution is 5.93. The van der Waals surface area contributed by atoms with E-state index in [0.29, 0.717) is 18.0 Å². The predicted octanol–water partition coefficient (Wildman–Crippen LogP) is 0.372. The van der Waals surface area contributed by atoms with Crippen LogP contribution in [-0.2, 0) is 9.59 Å². The zero-order valence-electron chi connectivity index (χ0n) is 14.7. The minimum Gasteiger partial charge on any atom is -0.495 e. The number of methoxy groups -OCH3 is 1. The second kappa shape index (κ2) is 9.15. The molecule has 1 aromatic rings. The molecule has 2 amide bonds. The van der Waals surface area contributed by atoms with Crippen LogP contribution < -0.4 is 20.3 Å². The van der Waals surface area contributed by atoms with Crippen molar-refractivity contribution in [3.63, 3.8) is 0 Å². The lowest BCUT2D eigenvalue weighted by Gasteiger charge is -2.18. The molecular formula is C17H28N3O3+. The Hall–Kier alpha value is -2.08. The quantitative estimate of drug-likeness (QED) is 0.648. The summed E-state index contributed by atoms with van der Waals surface area (Å²) in [6.45, 7) is 8.96. The lowest BCUT2D eigenvalue weighted by molar-refractivity contribution is -0.881. The Bertz CT molecular complexity index is 544. The number of aryl methyl sites for hydroxylation is 1. The number of likely N-dealkylation sites (N-methyl/N-ethyl adjacent to an activating group) is 1. The lowest BCUT2D eigenvalue weighted by atomic mass is 10.2. The molecule has 0 spiro atoms. The van der Waals surface area contributed by atoms with E-state index in [-0.39, 0.29) is 30.9 Å². The number of anilines is 1. The smallest absolute Gasteiger partial charge is 0.279 e. The minimum atomic E-state index is -0.136. The topological polar surface area (TPSA) is 71.9 Å². The van der Waals surface area contributed by atoms with Crippen molar-refractivity contribution in [1.29, 1.82) is 0 Å². The van der Waals surface area contributed by atoms with E-state index >= 15 is 0 Å². The van der Waals surface area contributed by atoms with Crippen LogP contribution in [0.4, 0.5) is 5.69 Å². The summed E-state index contributed by atoms with van der Waals surface area (Å²) in [4.78, 5) is 25.0. The van der Waals surface area contributed by atoms with Gasteiger partial charge in [0.25, 0.3) is 11.8 Å². The number of hydrogen-bond donors (Lipinski definition) is 3. The van der Waals surface area contributed by atoms with Gasteiger partial charge in [-0.2, -0.15) is 0 Å². The van der Waals surface area contributed by atoms with Crippen molar-refractivity contribution in [1.82, 2.24) is 5.32 Å². The highest BCUT2D eigenvalue weighted by atomic mass is 16.5. The minimum absolute atomic E-state index is 0.0437. The zero-order valence-corrected chi connectivity index (χ0v) is 14.7. The summed E-state index contributed by atoms with van der Waals surface area (Å²) in [5.74, 6) is 0.445. The Kier molecular flexibility index (Phi) is 7.54. The fourth-order valence-corrected chi connectivity index (χ4v) is 2.25. The molecule has 1 atom stereocenters. The Balaban J connectivity index is 2.63. The van der Waals surface area contributed by atoms with E-state index < -0.39 is 0 Å². The molecule has 23 heavy (non-hydrogen) atoms. The van der Waals surface area contributed by atoms with Crippen molar-refractivity contribution in [3.05, 3.63) is 23.8 Å². The Labute approximate surface area is 138 Å². The van der Waals surface area contributed by atoms with E-state index in [0.717, 1.165) is 10.5 Å². The van der Waals surface area contributed by atoms with Crippen molar-refractivity contribution in [2.24, 2.45) is 0 Å². The number of carbonyl (C=O) groups is 2. The van der Waals surface area contributed by atoms with Gasteiger partial charge in [0.05, 0.1) is 19.3 Å². The molecule has 0 aliphatic heterocycles. The van der Waals surface area contributed by atoms with Crippen molar-refractivity contribution in [2.75, 3.05) is 32.1 Å². The third-order valence-electron chi connectivity index (χ3n) is 3.40. The van der Waals surface area contributed by atoms with E-state index in [1.165, 1.54) is 0 Å². The average Bonchev–Trinajstić information content (AvgIpc) is 2.45. The number of carbonyl (C=O) groups excluding carboxylic acids is 2. The SMILES string of the molecule is CC[NH+](CC(=O)Nc1cc(C)ccc1OC)CC(=O)NC(C)C. The third-order valence-corrected chi connectivity index (χ3v) is 3.40. The maximum Gasteiger partial charge on any atom is 0.279 e. The summed E-state index contributed by atoms with van der Waals surface area (Å²) < 4.78 is 5.26. The summed E-state index contributed by atoms with van der Waals surface area (Å²) >= 11 is 0. The number of benzene rings is 1.